The molecule has 1 spiro atoms. The van der Waals surface area contributed by atoms with Crippen molar-refractivity contribution in [3.63, 3.8) is 0 Å². The van der Waals surface area contributed by atoms with Gasteiger partial charge < -0.3 is 5.32 Å². The minimum absolute atomic E-state index is 0.409. The van der Waals surface area contributed by atoms with Crippen molar-refractivity contribution in [2.75, 3.05) is 12.3 Å². The third-order valence-corrected chi connectivity index (χ3v) is 6.31. The van der Waals surface area contributed by atoms with Gasteiger partial charge in [-0.1, -0.05) is 37.9 Å². The summed E-state index contributed by atoms with van der Waals surface area (Å²) in [6, 6.07) is 0. The Morgan fingerprint density at radius 1 is 1.28 bits per heavy atom. The molecule has 2 aliphatic carbocycles. The van der Waals surface area contributed by atoms with Crippen LogP contribution in [-0.2, 0) is 0 Å². The van der Waals surface area contributed by atoms with E-state index < -0.39 is 0 Å². The molecule has 1 heterocycles. The summed E-state index contributed by atoms with van der Waals surface area (Å²) in [6.45, 7) is 3.44. The van der Waals surface area contributed by atoms with Crippen molar-refractivity contribution in [1.82, 2.24) is 5.32 Å². The summed E-state index contributed by atoms with van der Waals surface area (Å²) < 4.78 is 0. The van der Waals surface area contributed by atoms with Crippen molar-refractivity contribution < 1.29 is 0 Å². The molecule has 3 rings (SSSR count). The third-order valence-electron chi connectivity index (χ3n) is 5.11. The second-order valence-electron chi connectivity index (χ2n) is 6.65. The zero-order chi connectivity index (χ0) is 12.4. The maximum Gasteiger partial charge on any atom is 0.157 e. The Balaban J connectivity index is 1.46. The monoisotopic (exact) mass is 266 g/mol. The predicted molar refractivity (Wildman–Crippen MR) is 80.2 cm³/mol. The molecule has 102 valence electrons. The van der Waals surface area contributed by atoms with Gasteiger partial charge in [-0.15, -0.1) is 0 Å². The van der Waals surface area contributed by atoms with Gasteiger partial charge in [0.25, 0.3) is 0 Å². The molecule has 0 aromatic heterocycles. The first-order valence-electron chi connectivity index (χ1n) is 7.71. The molecular weight excluding hydrogens is 240 g/mol. The van der Waals surface area contributed by atoms with E-state index in [1.807, 2.05) is 11.8 Å². The highest BCUT2D eigenvalue weighted by Gasteiger charge is 2.39. The van der Waals surface area contributed by atoms with Gasteiger partial charge in [-0.3, -0.25) is 4.99 Å². The fourth-order valence-electron chi connectivity index (χ4n) is 3.30. The van der Waals surface area contributed by atoms with Gasteiger partial charge in [-0.2, -0.15) is 0 Å². The predicted octanol–water partition coefficient (Wildman–Crippen LogP) is 3.82. The number of aliphatic imine (C=N–C) groups is 1. The van der Waals surface area contributed by atoms with Crippen LogP contribution in [0.25, 0.3) is 0 Å². The van der Waals surface area contributed by atoms with Crippen molar-refractivity contribution in [2.45, 2.75) is 63.8 Å². The van der Waals surface area contributed by atoms with Gasteiger partial charge in [0.2, 0.25) is 0 Å². The molecule has 2 saturated carbocycles. The number of nitrogens with zero attached hydrogens (tertiary/aromatic N) is 1. The lowest BCUT2D eigenvalue weighted by molar-refractivity contribution is 0.250. The molecule has 1 N–H and O–H groups in total. The highest BCUT2D eigenvalue weighted by atomic mass is 32.2. The topological polar surface area (TPSA) is 24.4 Å². The molecule has 3 fully saturated rings. The van der Waals surface area contributed by atoms with Crippen LogP contribution in [0.2, 0.25) is 0 Å². The molecule has 0 amide bonds. The number of thioether (sulfide) groups is 1. The molecular formula is C15H26N2S. The van der Waals surface area contributed by atoms with Crippen LogP contribution in [0.5, 0.6) is 0 Å². The Labute approximate surface area is 115 Å². The smallest absolute Gasteiger partial charge is 0.157 e. The Kier molecular flexibility index (Phi) is 3.88. The minimum atomic E-state index is 0.409. The zero-order valence-electron chi connectivity index (χ0n) is 11.6. The van der Waals surface area contributed by atoms with Gasteiger partial charge in [0.05, 0.1) is 0 Å². The van der Waals surface area contributed by atoms with Crippen molar-refractivity contribution in [2.24, 2.45) is 16.8 Å². The van der Waals surface area contributed by atoms with Crippen LogP contribution in [0.1, 0.15) is 58.3 Å². The van der Waals surface area contributed by atoms with Crippen LogP contribution in [0, 0.1) is 11.8 Å². The number of amidine groups is 1. The van der Waals surface area contributed by atoms with Crippen molar-refractivity contribution in [3.05, 3.63) is 0 Å². The first kappa shape index (κ1) is 12.8. The van der Waals surface area contributed by atoms with E-state index in [-0.39, 0.29) is 0 Å². The maximum atomic E-state index is 4.78. The standard InChI is InChI=1S/C15H26N2S/c1-12-5-8-15(9-6-12)11-18-14(17-15)16-10-7-13-3-2-4-13/h12-13H,2-11H2,1H3,(H,16,17). The van der Waals surface area contributed by atoms with Crippen LogP contribution in [-0.4, -0.2) is 23.0 Å². The molecule has 3 heteroatoms. The largest absolute Gasteiger partial charge is 0.359 e. The fraction of sp³-hybridized carbons (Fsp3) is 0.933. The average Bonchev–Trinajstić information content (AvgIpc) is 2.71. The summed E-state index contributed by atoms with van der Waals surface area (Å²) in [4.78, 5) is 4.78. The summed E-state index contributed by atoms with van der Waals surface area (Å²) in [5, 5.41) is 4.99. The quantitative estimate of drug-likeness (QED) is 0.840. The number of rotatable bonds is 3. The van der Waals surface area contributed by atoms with Crippen LogP contribution < -0.4 is 5.32 Å². The Bertz CT molecular complexity index is 314. The van der Waals surface area contributed by atoms with E-state index >= 15 is 0 Å². The van der Waals surface area contributed by atoms with Gasteiger partial charge >= 0.3 is 0 Å². The molecule has 0 bridgehead atoms. The summed E-state index contributed by atoms with van der Waals surface area (Å²) in [5.41, 5.74) is 0.409. The van der Waals surface area contributed by atoms with E-state index in [9.17, 15) is 0 Å². The van der Waals surface area contributed by atoms with E-state index in [1.165, 1.54) is 62.3 Å². The Hall–Kier alpha value is -0.180. The molecule has 2 nitrogen and oxygen atoms in total. The lowest BCUT2D eigenvalue weighted by Gasteiger charge is -2.35. The molecule has 0 aromatic carbocycles. The van der Waals surface area contributed by atoms with Crippen LogP contribution in [0.3, 0.4) is 0 Å². The van der Waals surface area contributed by atoms with E-state index in [0.717, 1.165) is 18.4 Å². The molecule has 18 heavy (non-hydrogen) atoms. The van der Waals surface area contributed by atoms with Crippen LogP contribution in [0.15, 0.2) is 4.99 Å². The number of nitrogens with one attached hydrogen (secondary N) is 1. The first-order valence-corrected chi connectivity index (χ1v) is 8.70. The van der Waals surface area contributed by atoms with Crippen LogP contribution in [0.4, 0.5) is 0 Å². The average molecular weight is 266 g/mol. The van der Waals surface area contributed by atoms with E-state index in [1.54, 1.807) is 0 Å². The Morgan fingerprint density at radius 3 is 2.72 bits per heavy atom. The molecule has 0 unspecified atom stereocenters. The lowest BCUT2D eigenvalue weighted by atomic mass is 9.78. The molecule has 0 atom stereocenters. The van der Waals surface area contributed by atoms with E-state index in [0.29, 0.717) is 5.54 Å². The van der Waals surface area contributed by atoms with Gasteiger partial charge in [-0.25, -0.2) is 0 Å². The van der Waals surface area contributed by atoms with Crippen molar-refractivity contribution >= 4 is 16.9 Å². The second kappa shape index (κ2) is 5.44. The molecule has 0 radical (unpaired) electrons. The summed E-state index contributed by atoms with van der Waals surface area (Å²) in [6.07, 6.45) is 11.2. The second-order valence-corrected chi connectivity index (χ2v) is 7.61. The third kappa shape index (κ3) is 2.87. The summed E-state index contributed by atoms with van der Waals surface area (Å²) >= 11 is 1.97. The maximum absolute atomic E-state index is 4.78. The molecule has 0 aromatic rings. The normalized spacial score (nSPS) is 38.9. The van der Waals surface area contributed by atoms with Gasteiger partial charge in [0.1, 0.15) is 0 Å². The number of hydrogen-bond donors (Lipinski definition) is 1. The van der Waals surface area contributed by atoms with Crippen LogP contribution >= 0.6 is 11.8 Å². The highest BCUT2D eigenvalue weighted by molar-refractivity contribution is 8.14. The fourth-order valence-corrected chi connectivity index (χ4v) is 4.55. The first-order chi connectivity index (χ1) is 8.76. The van der Waals surface area contributed by atoms with Crippen molar-refractivity contribution in [1.29, 1.82) is 0 Å². The van der Waals surface area contributed by atoms with E-state index in [4.69, 9.17) is 4.99 Å². The SMILES string of the molecule is CC1CCC2(CC1)CSC(=NCCC1CCC1)N2. The molecule has 3 aliphatic rings. The molecule has 1 aliphatic heterocycles. The molecule has 1 saturated heterocycles. The summed E-state index contributed by atoms with van der Waals surface area (Å²) in [5.74, 6) is 3.18. The zero-order valence-corrected chi connectivity index (χ0v) is 12.4. The van der Waals surface area contributed by atoms with Gasteiger partial charge in [-0.05, 0) is 43.9 Å². The lowest BCUT2D eigenvalue weighted by Crippen LogP contribution is -2.46. The summed E-state index contributed by atoms with van der Waals surface area (Å²) in [7, 11) is 0. The van der Waals surface area contributed by atoms with E-state index in [2.05, 4.69) is 12.2 Å². The highest BCUT2D eigenvalue weighted by Crippen LogP contribution is 2.38. The Morgan fingerprint density at radius 2 is 2.06 bits per heavy atom. The van der Waals surface area contributed by atoms with Gasteiger partial charge in [0.15, 0.2) is 5.17 Å². The number of hydrogen-bond acceptors (Lipinski definition) is 2. The van der Waals surface area contributed by atoms with Crippen molar-refractivity contribution in [3.8, 4) is 0 Å². The van der Waals surface area contributed by atoms with Gasteiger partial charge in [0, 0.05) is 17.8 Å². The minimum Gasteiger partial charge on any atom is -0.359 e.